The van der Waals surface area contributed by atoms with Gasteiger partial charge in [0.25, 0.3) is 0 Å². The van der Waals surface area contributed by atoms with Crippen LogP contribution in [0.3, 0.4) is 0 Å². The van der Waals surface area contributed by atoms with E-state index in [1.807, 2.05) is 30.3 Å². The maximum absolute atomic E-state index is 12.5. The zero-order chi connectivity index (χ0) is 28.0. The first-order valence-electron chi connectivity index (χ1n) is 14.0. The van der Waals surface area contributed by atoms with E-state index < -0.39 is 12.0 Å². The fourth-order valence-electron chi connectivity index (χ4n) is 4.70. The molecule has 0 unspecified atom stereocenters. The lowest BCUT2D eigenvalue weighted by molar-refractivity contribution is -0.142. The second-order valence-electron chi connectivity index (χ2n) is 9.93. The molecule has 3 aromatic rings. The summed E-state index contributed by atoms with van der Waals surface area (Å²) in [4.78, 5) is 39.3. The number of carbonyl (C=O) groups excluding carboxylic acids is 1. The van der Waals surface area contributed by atoms with Gasteiger partial charge in [-0.2, -0.15) is 0 Å². The van der Waals surface area contributed by atoms with E-state index in [4.69, 9.17) is 9.72 Å². The first-order valence-corrected chi connectivity index (χ1v) is 14.0. The largest absolute Gasteiger partial charge is 0.492 e. The van der Waals surface area contributed by atoms with Crippen molar-refractivity contribution in [1.29, 1.82) is 0 Å². The van der Waals surface area contributed by atoms with Crippen molar-refractivity contribution in [2.75, 3.05) is 38.1 Å². The summed E-state index contributed by atoms with van der Waals surface area (Å²) in [5.41, 5.74) is 2.92. The molecule has 0 saturated carbocycles. The highest BCUT2D eigenvalue weighted by molar-refractivity contribution is 5.84. The predicted molar refractivity (Wildman–Crippen MR) is 152 cm³/mol. The van der Waals surface area contributed by atoms with Gasteiger partial charge in [-0.1, -0.05) is 24.3 Å². The minimum absolute atomic E-state index is 0.00712. The molecule has 1 aromatic carbocycles. The molecular weight excluding hydrogens is 508 g/mol. The molecule has 1 atom stereocenters. The van der Waals surface area contributed by atoms with Gasteiger partial charge in [0.05, 0.1) is 12.1 Å². The number of benzene rings is 1. The van der Waals surface area contributed by atoms with Gasteiger partial charge >= 0.3 is 5.97 Å². The van der Waals surface area contributed by atoms with Crippen LogP contribution in [0, 0.1) is 0 Å². The van der Waals surface area contributed by atoms with Crippen LogP contribution in [0.25, 0.3) is 0 Å². The van der Waals surface area contributed by atoms with Crippen molar-refractivity contribution < 1.29 is 19.4 Å². The van der Waals surface area contributed by atoms with E-state index in [2.05, 4.69) is 37.6 Å². The van der Waals surface area contributed by atoms with Crippen LogP contribution in [-0.4, -0.2) is 75.7 Å². The number of aliphatic carboxylic acids is 1. The van der Waals surface area contributed by atoms with Gasteiger partial charge in [-0.05, 0) is 74.9 Å². The van der Waals surface area contributed by atoms with Crippen molar-refractivity contribution in [3.63, 3.8) is 0 Å². The molecule has 1 aliphatic heterocycles. The lowest BCUT2D eigenvalue weighted by Gasteiger charge is -2.24. The Hall–Kier alpha value is -4.05. The van der Waals surface area contributed by atoms with Crippen LogP contribution in [0.1, 0.15) is 42.6 Å². The van der Waals surface area contributed by atoms with Crippen LogP contribution in [0.4, 0.5) is 5.82 Å². The van der Waals surface area contributed by atoms with Crippen molar-refractivity contribution in [3.05, 3.63) is 78.0 Å². The zero-order valence-electron chi connectivity index (χ0n) is 22.8. The Balaban J connectivity index is 1.27. The second-order valence-corrected chi connectivity index (χ2v) is 9.93. The van der Waals surface area contributed by atoms with E-state index in [0.717, 1.165) is 62.5 Å². The smallest absolute Gasteiger partial charge is 0.326 e. The summed E-state index contributed by atoms with van der Waals surface area (Å²) in [7, 11) is 0. The number of carboxylic acid groups (broad SMARTS) is 1. The Morgan fingerprint density at radius 1 is 1.05 bits per heavy atom. The summed E-state index contributed by atoms with van der Waals surface area (Å²) in [6, 6.07) is 14.6. The monoisotopic (exact) mass is 546 g/mol. The van der Waals surface area contributed by atoms with Crippen molar-refractivity contribution >= 4 is 17.7 Å². The Kier molecular flexibility index (Phi) is 11.2. The normalized spacial score (nSPS) is 13.2. The topological polar surface area (TPSA) is 130 Å². The molecule has 3 N–H and O–H groups in total. The number of hydrogen-bond acceptors (Lipinski definition) is 8. The number of ether oxygens (including phenoxy) is 1. The number of para-hydroxylation sites is 1. The number of carbonyl (C=O) groups is 2. The number of aromatic nitrogens is 3. The van der Waals surface area contributed by atoms with Crippen molar-refractivity contribution in [3.8, 4) is 5.75 Å². The first-order chi connectivity index (χ1) is 19.6. The number of anilines is 1. The van der Waals surface area contributed by atoms with Crippen LogP contribution in [0.5, 0.6) is 5.75 Å². The predicted octanol–water partition coefficient (Wildman–Crippen LogP) is 3.14. The molecule has 1 aliphatic rings. The summed E-state index contributed by atoms with van der Waals surface area (Å²) in [5, 5.41) is 15.8. The van der Waals surface area contributed by atoms with Crippen molar-refractivity contribution in [2.45, 2.75) is 51.0 Å². The average Bonchev–Trinajstić information content (AvgIpc) is 2.97. The third-order valence-corrected chi connectivity index (χ3v) is 6.88. The quantitative estimate of drug-likeness (QED) is 0.232. The lowest BCUT2D eigenvalue weighted by atomic mass is 10.1. The molecule has 1 amide bonds. The molecule has 40 heavy (non-hydrogen) atoms. The van der Waals surface area contributed by atoms with E-state index in [1.165, 1.54) is 11.9 Å². The number of carboxylic acids is 1. The number of pyridine rings is 1. The summed E-state index contributed by atoms with van der Waals surface area (Å²) in [6.45, 7) is 3.42. The van der Waals surface area contributed by atoms with E-state index in [0.29, 0.717) is 25.4 Å². The first kappa shape index (κ1) is 28.9. The van der Waals surface area contributed by atoms with E-state index in [9.17, 15) is 14.7 Å². The second kappa shape index (κ2) is 15.5. The number of rotatable bonds is 16. The number of unbranched alkanes of at least 4 members (excludes halogenated alkanes) is 1. The molecule has 0 fully saturated rings. The highest BCUT2D eigenvalue weighted by Crippen LogP contribution is 2.20. The maximum Gasteiger partial charge on any atom is 0.326 e. The molecule has 0 radical (unpaired) electrons. The molecule has 212 valence electrons. The number of nitrogens with one attached hydrogen (secondary N) is 2. The van der Waals surface area contributed by atoms with Gasteiger partial charge in [-0.3, -0.25) is 9.69 Å². The molecule has 0 aliphatic carbocycles. The van der Waals surface area contributed by atoms with Crippen LogP contribution in [0.2, 0.25) is 0 Å². The number of nitrogens with zero attached hydrogens (tertiary/aromatic N) is 4. The van der Waals surface area contributed by atoms with Crippen molar-refractivity contribution in [1.82, 2.24) is 25.2 Å². The van der Waals surface area contributed by atoms with Gasteiger partial charge in [-0.15, -0.1) is 0 Å². The molecule has 0 bridgehead atoms. The molecular formula is C30H38N6O4. The standard InChI is InChI=1S/C30H38N6O4/c37-28(21-25-13-16-31-22-33-25)35-27(30(38)39)14-18-36(19-20-40-26-9-2-1-3-10-26)17-5-4-8-24-12-11-23-7-6-15-32-29(23)34-24/h1-3,9-13,16,22,27H,4-8,14-15,17-21H2,(H,32,34)(H,35,37)(H,38,39)/t27-/m0/s1. The highest BCUT2D eigenvalue weighted by Gasteiger charge is 2.21. The molecule has 0 saturated heterocycles. The van der Waals surface area contributed by atoms with Gasteiger partial charge in [0, 0.05) is 31.5 Å². The Labute approximate surface area is 235 Å². The van der Waals surface area contributed by atoms with Gasteiger partial charge in [0.15, 0.2) is 0 Å². The van der Waals surface area contributed by atoms with Gasteiger partial charge in [0.2, 0.25) is 5.91 Å². The molecule has 10 heteroatoms. The highest BCUT2D eigenvalue weighted by atomic mass is 16.5. The minimum atomic E-state index is -1.05. The number of hydrogen-bond donors (Lipinski definition) is 3. The molecule has 0 spiro atoms. The summed E-state index contributed by atoms with van der Waals surface area (Å²) >= 11 is 0. The zero-order valence-corrected chi connectivity index (χ0v) is 22.8. The van der Waals surface area contributed by atoms with Gasteiger partial charge < -0.3 is 20.5 Å². The Morgan fingerprint density at radius 2 is 1.93 bits per heavy atom. The van der Waals surface area contributed by atoms with Crippen LogP contribution >= 0.6 is 0 Å². The van der Waals surface area contributed by atoms with E-state index in [1.54, 1.807) is 12.3 Å². The summed E-state index contributed by atoms with van der Waals surface area (Å²) < 4.78 is 5.89. The molecule has 4 rings (SSSR count). The van der Waals surface area contributed by atoms with Gasteiger partial charge in [0.1, 0.15) is 30.5 Å². The number of fused-ring (bicyclic) bond motifs is 1. The lowest BCUT2D eigenvalue weighted by Crippen LogP contribution is -2.44. The number of aryl methyl sites for hydroxylation is 2. The fourth-order valence-corrected chi connectivity index (χ4v) is 4.70. The maximum atomic E-state index is 12.5. The van der Waals surface area contributed by atoms with E-state index in [-0.39, 0.29) is 18.7 Å². The Bertz CT molecular complexity index is 1210. The van der Waals surface area contributed by atoms with E-state index >= 15 is 0 Å². The van der Waals surface area contributed by atoms with Crippen molar-refractivity contribution in [2.24, 2.45) is 0 Å². The van der Waals surface area contributed by atoms with Crippen LogP contribution < -0.4 is 15.4 Å². The fraction of sp³-hybridized carbons (Fsp3) is 0.433. The minimum Gasteiger partial charge on any atom is -0.492 e. The molecule has 2 aromatic heterocycles. The summed E-state index contributed by atoms with van der Waals surface area (Å²) in [5.74, 6) is 0.389. The average molecular weight is 547 g/mol. The molecule has 3 heterocycles. The van der Waals surface area contributed by atoms with Gasteiger partial charge in [-0.25, -0.2) is 19.7 Å². The third kappa shape index (κ3) is 9.60. The SMILES string of the molecule is O=C(Cc1ccncn1)N[C@@H](CCN(CCCCc1ccc2c(n1)NCCC2)CCOc1ccccc1)C(=O)O. The van der Waals surface area contributed by atoms with Crippen LogP contribution in [-0.2, 0) is 28.9 Å². The van der Waals surface area contributed by atoms with Crippen LogP contribution in [0.15, 0.2) is 61.1 Å². The Morgan fingerprint density at radius 3 is 2.73 bits per heavy atom. The third-order valence-electron chi connectivity index (χ3n) is 6.88. The number of amides is 1. The molecule has 10 nitrogen and oxygen atoms in total. The summed E-state index contributed by atoms with van der Waals surface area (Å²) in [6.07, 6.45) is 8.24.